The zero-order chi connectivity index (χ0) is 20.1. The van der Waals surface area contributed by atoms with Crippen molar-refractivity contribution in [1.29, 1.82) is 0 Å². The second kappa shape index (κ2) is 7.73. The monoisotopic (exact) mass is 386 g/mol. The fraction of sp³-hybridized carbons (Fsp3) is 0.963. The fourth-order valence-corrected chi connectivity index (χ4v) is 9.12. The molecule has 0 amide bonds. The van der Waals surface area contributed by atoms with Crippen molar-refractivity contribution in [1.82, 2.24) is 0 Å². The molecule has 8 atom stereocenters. The Labute approximate surface area is 174 Å². The summed E-state index contributed by atoms with van der Waals surface area (Å²) in [6.45, 7) is 12.4. The zero-order valence-electron chi connectivity index (χ0n) is 19.4. The van der Waals surface area contributed by atoms with Gasteiger partial charge < -0.3 is 0 Å². The van der Waals surface area contributed by atoms with Crippen LogP contribution in [0.1, 0.15) is 112 Å². The van der Waals surface area contributed by atoms with Gasteiger partial charge in [0.25, 0.3) is 0 Å². The summed E-state index contributed by atoms with van der Waals surface area (Å²) < 4.78 is 0. The summed E-state index contributed by atoms with van der Waals surface area (Å²) in [7, 11) is 0. The maximum absolute atomic E-state index is 13.2. The summed E-state index contributed by atoms with van der Waals surface area (Å²) in [5.74, 6) is 6.03. The maximum atomic E-state index is 13.2. The van der Waals surface area contributed by atoms with Gasteiger partial charge in [-0.25, -0.2) is 0 Å². The first-order valence-corrected chi connectivity index (χ1v) is 12.8. The summed E-state index contributed by atoms with van der Waals surface area (Å²) in [5.41, 5.74) is 0.844. The van der Waals surface area contributed by atoms with Crippen LogP contribution in [0.15, 0.2) is 0 Å². The second-order valence-corrected chi connectivity index (χ2v) is 12.4. The smallest absolute Gasteiger partial charge is 0.136 e. The summed E-state index contributed by atoms with van der Waals surface area (Å²) in [5, 5.41) is 0. The van der Waals surface area contributed by atoms with Gasteiger partial charge in [0.2, 0.25) is 0 Å². The highest BCUT2D eigenvalue weighted by atomic mass is 16.1. The van der Waals surface area contributed by atoms with Crippen LogP contribution in [0.5, 0.6) is 0 Å². The summed E-state index contributed by atoms with van der Waals surface area (Å²) in [4.78, 5) is 13.2. The van der Waals surface area contributed by atoms with E-state index in [4.69, 9.17) is 0 Å². The molecule has 4 rings (SSSR count). The van der Waals surface area contributed by atoms with E-state index in [1.165, 1.54) is 70.6 Å². The average Bonchev–Trinajstić information content (AvgIpc) is 2.99. The third-order valence-electron chi connectivity index (χ3n) is 10.6. The molecule has 0 N–H and O–H groups in total. The van der Waals surface area contributed by atoms with Gasteiger partial charge in [0.05, 0.1) is 0 Å². The third kappa shape index (κ3) is 3.31. The predicted octanol–water partition coefficient (Wildman–Crippen LogP) is 7.68. The molecule has 0 spiro atoms. The van der Waals surface area contributed by atoms with Gasteiger partial charge >= 0.3 is 0 Å². The van der Waals surface area contributed by atoms with Crippen LogP contribution in [0.2, 0.25) is 0 Å². The van der Waals surface area contributed by atoms with Crippen LogP contribution >= 0.6 is 0 Å². The molecule has 0 aromatic heterocycles. The Kier molecular flexibility index (Phi) is 5.78. The molecule has 0 aromatic carbocycles. The highest BCUT2D eigenvalue weighted by molar-refractivity contribution is 5.83. The molecule has 28 heavy (non-hydrogen) atoms. The molecule has 160 valence electrons. The van der Waals surface area contributed by atoms with E-state index in [-0.39, 0.29) is 0 Å². The molecule has 1 nitrogen and oxygen atoms in total. The lowest BCUT2D eigenvalue weighted by Crippen LogP contribution is -2.56. The maximum Gasteiger partial charge on any atom is 0.136 e. The number of carbonyl (C=O) groups is 1. The molecule has 0 aliphatic heterocycles. The van der Waals surface area contributed by atoms with E-state index in [1.54, 1.807) is 0 Å². The Morgan fingerprint density at radius 1 is 0.893 bits per heavy atom. The fourth-order valence-electron chi connectivity index (χ4n) is 9.12. The molecular weight excluding hydrogens is 340 g/mol. The van der Waals surface area contributed by atoms with Crippen LogP contribution in [0.3, 0.4) is 0 Å². The normalized spacial score (nSPS) is 46.8. The number of rotatable bonds is 5. The molecule has 0 saturated heterocycles. The van der Waals surface area contributed by atoms with Crippen LogP contribution in [0.4, 0.5) is 0 Å². The van der Waals surface area contributed by atoms with Crippen molar-refractivity contribution in [3.05, 3.63) is 0 Å². The van der Waals surface area contributed by atoms with E-state index in [2.05, 4.69) is 34.6 Å². The Bertz CT molecular complexity index is 579. The molecular formula is C27H46O. The lowest BCUT2D eigenvalue weighted by atomic mass is 9.44. The van der Waals surface area contributed by atoms with Gasteiger partial charge in [-0.15, -0.1) is 0 Å². The van der Waals surface area contributed by atoms with Crippen LogP contribution < -0.4 is 0 Å². The first-order chi connectivity index (χ1) is 13.3. The lowest BCUT2D eigenvalue weighted by Gasteiger charge is -2.60. The van der Waals surface area contributed by atoms with E-state index < -0.39 is 0 Å². The largest absolute Gasteiger partial charge is 0.299 e. The Morgan fingerprint density at radius 3 is 2.39 bits per heavy atom. The first kappa shape index (κ1) is 20.9. The minimum absolute atomic E-state index is 0.334. The lowest BCUT2D eigenvalue weighted by molar-refractivity contribution is -0.154. The van der Waals surface area contributed by atoms with Crippen molar-refractivity contribution >= 4 is 5.78 Å². The van der Waals surface area contributed by atoms with E-state index in [1.807, 2.05) is 0 Å². The van der Waals surface area contributed by atoms with Crippen LogP contribution in [-0.4, -0.2) is 5.78 Å². The Hall–Kier alpha value is -0.330. The second-order valence-electron chi connectivity index (χ2n) is 12.4. The molecule has 4 saturated carbocycles. The summed E-state index contributed by atoms with van der Waals surface area (Å²) in [6, 6.07) is 0. The Morgan fingerprint density at radius 2 is 1.64 bits per heavy atom. The molecule has 0 aromatic rings. The molecule has 0 unspecified atom stereocenters. The van der Waals surface area contributed by atoms with E-state index in [0.717, 1.165) is 36.0 Å². The van der Waals surface area contributed by atoms with Crippen molar-refractivity contribution in [2.24, 2.45) is 52.3 Å². The topological polar surface area (TPSA) is 17.1 Å². The first-order valence-electron chi connectivity index (χ1n) is 12.8. The number of ketones is 1. The minimum Gasteiger partial charge on any atom is -0.299 e. The van der Waals surface area contributed by atoms with Crippen molar-refractivity contribution in [2.45, 2.75) is 112 Å². The molecule has 0 radical (unpaired) electrons. The minimum atomic E-state index is 0.334. The van der Waals surface area contributed by atoms with Gasteiger partial charge in [-0.05, 0) is 84.9 Å². The molecule has 1 heteroatoms. The molecule has 0 bridgehead atoms. The van der Waals surface area contributed by atoms with Crippen LogP contribution in [0.25, 0.3) is 0 Å². The third-order valence-corrected chi connectivity index (χ3v) is 10.6. The van der Waals surface area contributed by atoms with Crippen LogP contribution in [-0.2, 0) is 4.79 Å². The van der Waals surface area contributed by atoms with Gasteiger partial charge in [-0.3, -0.25) is 4.79 Å². The highest BCUT2D eigenvalue weighted by Gasteiger charge is 2.61. The zero-order valence-corrected chi connectivity index (χ0v) is 19.4. The number of Topliss-reactive ketones (excluding diaryl/α,β-unsaturated/α-hetero) is 1. The predicted molar refractivity (Wildman–Crippen MR) is 118 cm³/mol. The van der Waals surface area contributed by atoms with Crippen molar-refractivity contribution in [3.63, 3.8) is 0 Å². The number of hydrogen-bond donors (Lipinski definition) is 0. The molecule has 0 heterocycles. The van der Waals surface area contributed by atoms with Gasteiger partial charge in [-0.1, -0.05) is 66.7 Å². The number of hydrogen-bond acceptors (Lipinski definition) is 1. The number of fused-ring (bicyclic) bond motifs is 5. The van der Waals surface area contributed by atoms with E-state index >= 15 is 0 Å². The molecule has 4 aliphatic carbocycles. The van der Waals surface area contributed by atoms with E-state index in [0.29, 0.717) is 28.4 Å². The van der Waals surface area contributed by atoms with E-state index in [9.17, 15) is 4.79 Å². The highest BCUT2D eigenvalue weighted by Crippen LogP contribution is 2.67. The van der Waals surface area contributed by atoms with Crippen molar-refractivity contribution in [3.8, 4) is 0 Å². The summed E-state index contributed by atoms with van der Waals surface area (Å²) >= 11 is 0. The molecule has 4 aliphatic rings. The number of carbonyl (C=O) groups excluding carboxylic acids is 1. The SMILES string of the molecule is CC(C)CCC[C@@H](C)[C@@H]1CC[C@@H]2[C@@H]3CC(=O)[C@H]4CCCC[C@]4(C)[C@@H]3CC[C@@]21C. The van der Waals surface area contributed by atoms with Gasteiger partial charge in [0.1, 0.15) is 5.78 Å². The van der Waals surface area contributed by atoms with Gasteiger partial charge in [0.15, 0.2) is 0 Å². The average molecular weight is 387 g/mol. The van der Waals surface area contributed by atoms with Crippen molar-refractivity contribution < 1.29 is 4.79 Å². The van der Waals surface area contributed by atoms with Crippen LogP contribution in [0, 0.1) is 52.3 Å². The van der Waals surface area contributed by atoms with Gasteiger partial charge in [0, 0.05) is 12.3 Å². The quantitative estimate of drug-likeness (QED) is 0.473. The summed E-state index contributed by atoms with van der Waals surface area (Å²) in [6.07, 6.45) is 16.0. The molecule has 4 fully saturated rings. The standard InChI is InChI=1S/C27H46O/c1-18(2)9-8-10-19(3)21-12-13-22-20-17-25(28)24-11-6-7-15-26(24,4)23(20)14-16-27(21,22)5/h18-24H,6-17H2,1-5H3/t19-,20+,21+,22-,23-,24-,26-,27-/m1/s1. The van der Waals surface area contributed by atoms with Crippen molar-refractivity contribution in [2.75, 3.05) is 0 Å². The van der Waals surface area contributed by atoms with Gasteiger partial charge in [-0.2, -0.15) is 0 Å². The Balaban J connectivity index is 1.50.